The molecule has 1 aliphatic rings. The Balaban J connectivity index is 2.31. The summed E-state index contributed by atoms with van der Waals surface area (Å²) in [7, 11) is 0. The predicted octanol–water partition coefficient (Wildman–Crippen LogP) is 3.92. The van der Waals surface area contributed by atoms with E-state index in [1.807, 2.05) is 38.1 Å². The number of benzene rings is 1. The molecule has 1 saturated carbocycles. The van der Waals surface area contributed by atoms with Crippen molar-refractivity contribution in [3.8, 4) is 0 Å². The lowest BCUT2D eigenvalue weighted by Crippen LogP contribution is -2.43. The van der Waals surface area contributed by atoms with E-state index in [-0.39, 0.29) is 5.78 Å². The van der Waals surface area contributed by atoms with Crippen LogP contribution in [0.15, 0.2) is 24.3 Å². The molecule has 1 aliphatic carbocycles. The van der Waals surface area contributed by atoms with Crippen LogP contribution in [0.4, 0.5) is 0 Å². The van der Waals surface area contributed by atoms with E-state index in [0.717, 1.165) is 36.8 Å². The number of aryl methyl sites for hydroxylation is 1. The number of hydrogen-bond donors (Lipinski definition) is 0. The zero-order chi connectivity index (χ0) is 13.0. The van der Waals surface area contributed by atoms with E-state index in [1.165, 1.54) is 6.42 Å². The zero-order valence-corrected chi connectivity index (χ0v) is 11.4. The third kappa shape index (κ3) is 2.49. The fourth-order valence-electron chi connectivity index (χ4n) is 2.91. The number of hydrogen-bond acceptors (Lipinski definition) is 2. The molecule has 0 heterocycles. The van der Waals surface area contributed by atoms with Crippen molar-refractivity contribution < 1.29 is 9.53 Å². The van der Waals surface area contributed by atoms with Crippen molar-refractivity contribution in [1.82, 2.24) is 0 Å². The first kappa shape index (κ1) is 13.3. The first-order valence-electron chi connectivity index (χ1n) is 6.94. The summed E-state index contributed by atoms with van der Waals surface area (Å²) < 4.78 is 5.89. The predicted molar refractivity (Wildman–Crippen MR) is 73.0 cm³/mol. The highest BCUT2D eigenvalue weighted by atomic mass is 16.5. The monoisotopic (exact) mass is 246 g/mol. The molecule has 2 nitrogen and oxygen atoms in total. The van der Waals surface area contributed by atoms with Gasteiger partial charge in [-0.1, -0.05) is 43.5 Å². The molecule has 0 aliphatic heterocycles. The SMILES string of the molecule is CCOC1(C(=O)c2ccccc2C)CCCCC1. The Labute approximate surface area is 109 Å². The number of ether oxygens (including phenoxy) is 1. The Morgan fingerprint density at radius 3 is 2.50 bits per heavy atom. The number of Topliss-reactive ketones (excluding diaryl/α,β-unsaturated/α-hetero) is 1. The van der Waals surface area contributed by atoms with Crippen molar-refractivity contribution >= 4 is 5.78 Å². The molecule has 0 spiro atoms. The molecule has 0 saturated heterocycles. The molecule has 0 atom stereocenters. The first-order chi connectivity index (χ1) is 8.69. The summed E-state index contributed by atoms with van der Waals surface area (Å²) in [5.74, 6) is 0.183. The van der Waals surface area contributed by atoms with Crippen LogP contribution in [0.25, 0.3) is 0 Å². The maximum Gasteiger partial charge on any atom is 0.194 e. The highest BCUT2D eigenvalue weighted by molar-refractivity contribution is 6.03. The van der Waals surface area contributed by atoms with E-state index in [2.05, 4.69) is 0 Å². The standard InChI is InChI=1S/C16H22O2/c1-3-18-16(11-7-4-8-12-16)15(17)14-10-6-5-9-13(14)2/h5-6,9-10H,3-4,7-8,11-12H2,1-2H3. The quantitative estimate of drug-likeness (QED) is 0.753. The van der Waals surface area contributed by atoms with Gasteiger partial charge in [-0.2, -0.15) is 0 Å². The van der Waals surface area contributed by atoms with Crippen LogP contribution in [0.5, 0.6) is 0 Å². The molecule has 0 radical (unpaired) electrons. The van der Waals surface area contributed by atoms with Gasteiger partial charge in [0.1, 0.15) is 5.60 Å². The number of carbonyl (C=O) groups excluding carboxylic acids is 1. The van der Waals surface area contributed by atoms with Gasteiger partial charge >= 0.3 is 0 Å². The van der Waals surface area contributed by atoms with E-state index in [9.17, 15) is 4.79 Å². The summed E-state index contributed by atoms with van der Waals surface area (Å²) >= 11 is 0. The molecular weight excluding hydrogens is 224 g/mol. The summed E-state index contributed by atoms with van der Waals surface area (Å²) in [4.78, 5) is 12.8. The van der Waals surface area contributed by atoms with Gasteiger partial charge in [-0.3, -0.25) is 4.79 Å². The normalized spacial score (nSPS) is 18.6. The number of rotatable bonds is 4. The lowest BCUT2D eigenvalue weighted by atomic mass is 9.78. The lowest BCUT2D eigenvalue weighted by Gasteiger charge is -2.35. The van der Waals surface area contributed by atoms with E-state index >= 15 is 0 Å². The summed E-state index contributed by atoms with van der Waals surface area (Å²) in [6, 6.07) is 7.83. The summed E-state index contributed by atoms with van der Waals surface area (Å²) in [6.07, 6.45) is 5.15. The topological polar surface area (TPSA) is 26.3 Å². The molecule has 1 aromatic rings. The van der Waals surface area contributed by atoms with Crippen molar-refractivity contribution in [3.05, 3.63) is 35.4 Å². The van der Waals surface area contributed by atoms with Crippen molar-refractivity contribution in [2.75, 3.05) is 6.61 Å². The van der Waals surface area contributed by atoms with Gasteiger partial charge in [0.25, 0.3) is 0 Å². The smallest absolute Gasteiger partial charge is 0.194 e. The number of carbonyl (C=O) groups is 1. The van der Waals surface area contributed by atoms with Crippen molar-refractivity contribution in [1.29, 1.82) is 0 Å². The van der Waals surface area contributed by atoms with Crippen molar-refractivity contribution in [2.24, 2.45) is 0 Å². The van der Waals surface area contributed by atoms with Crippen LogP contribution in [0, 0.1) is 6.92 Å². The average molecular weight is 246 g/mol. The zero-order valence-electron chi connectivity index (χ0n) is 11.4. The summed E-state index contributed by atoms with van der Waals surface area (Å²) in [5.41, 5.74) is 1.32. The van der Waals surface area contributed by atoms with Crippen LogP contribution >= 0.6 is 0 Å². The second-order valence-corrected chi connectivity index (χ2v) is 5.13. The van der Waals surface area contributed by atoms with Crippen LogP contribution in [-0.2, 0) is 4.74 Å². The Kier molecular flexibility index (Phi) is 4.18. The third-order valence-corrected chi connectivity index (χ3v) is 3.89. The Hall–Kier alpha value is -1.15. The minimum absolute atomic E-state index is 0.183. The first-order valence-corrected chi connectivity index (χ1v) is 6.94. The van der Waals surface area contributed by atoms with E-state index in [0.29, 0.717) is 6.61 Å². The molecule has 0 aromatic heterocycles. The minimum Gasteiger partial charge on any atom is -0.367 e. The highest BCUT2D eigenvalue weighted by Crippen LogP contribution is 2.35. The second-order valence-electron chi connectivity index (χ2n) is 5.13. The maximum absolute atomic E-state index is 12.8. The summed E-state index contributed by atoms with van der Waals surface area (Å²) in [6.45, 7) is 4.58. The van der Waals surface area contributed by atoms with Crippen molar-refractivity contribution in [2.45, 2.75) is 51.6 Å². The minimum atomic E-state index is -0.556. The molecular formula is C16H22O2. The third-order valence-electron chi connectivity index (χ3n) is 3.89. The number of ketones is 1. The largest absolute Gasteiger partial charge is 0.367 e. The van der Waals surface area contributed by atoms with Gasteiger partial charge in [-0.05, 0) is 32.3 Å². The van der Waals surface area contributed by atoms with E-state index < -0.39 is 5.60 Å². The van der Waals surface area contributed by atoms with Crippen LogP contribution < -0.4 is 0 Å². The van der Waals surface area contributed by atoms with Gasteiger partial charge in [-0.25, -0.2) is 0 Å². The average Bonchev–Trinajstić information content (AvgIpc) is 2.40. The fourth-order valence-corrected chi connectivity index (χ4v) is 2.91. The Morgan fingerprint density at radius 1 is 1.22 bits per heavy atom. The molecule has 0 N–H and O–H groups in total. The van der Waals surface area contributed by atoms with Gasteiger partial charge in [-0.15, -0.1) is 0 Å². The maximum atomic E-state index is 12.8. The van der Waals surface area contributed by atoms with Gasteiger partial charge in [0, 0.05) is 12.2 Å². The fraction of sp³-hybridized carbons (Fsp3) is 0.562. The van der Waals surface area contributed by atoms with Crippen LogP contribution in [0.3, 0.4) is 0 Å². The van der Waals surface area contributed by atoms with Crippen LogP contribution in [0.2, 0.25) is 0 Å². The molecule has 0 amide bonds. The van der Waals surface area contributed by atoms with Gasteiger partial charge in [0.05, 0.1) is 0 Å². The lowest BCUT2D eigenvalue weighted by molar-refractivity contribution is -0.0411. The van der Waals surface area contributed by atoms with E-state index in [4.69, 9.17) is 4.74 Å². The van der Waals surface area contributed by atoms with Crippen LogP contribution in [0.1, 0.15) is 54.9 Å². The molecule has 2 rings (SSSR count). The summed E-state index contributed by atoms with van der Waals surface area (Å²) in [5, 5.41) is 0. The molecule has 18 heavy (non-hydrogen) atoms. The Bertz CT molecular complexity index is 411. The molecule has 2 heteroatoms. The Morgan fingerprint density at radius 2 is 1.89 bits per heavy atom. The molecule has 1 aromatic carbocycles. The molecule has 0 bridgehead atoms. The molecule has 0 unspecified atom stereocenters. The second kappa shape index (κ2) is 5.66. The van der Waals surface area contributed by atoms with Gasteiger partial charge in [0.2, 0.25) is 0 Å². The highest BCUT2D eigenvalue weighted by Gasteiger charge is 2.40. The molecule has 98 valence electrons. The van der Waals surface area contributed by atoms with Crippen LogP contribution in [-0.4, -0.2) is 18.0 Å². The molecule has 1 fully saturated rings. The van der Waals surface area contributed by atoms with Gasteiger partial charge < -0.3 is 4.74 Å². The van der Waals surface area contributed by atoms with Crippen molar-refractivity contribution in [3.63, 3.8) is 0 Å². The van der Waals surface area contributed by atoms with Gasteiger partial charge in [0.15, 0.2) is 5.78 Å². The van der Waals surface area contributed by atoms with E-state index in [1.54, 1.807) is 0 Å².